The van der Waals surface area contributed by atoms with E-state index in [0.717, 1.165) is 6.07 Å². The lowest BCUT2D eigenvalue weighted by Gasteiger charge is -2.15. The van der Waals surface area contributed by atoms with E-state index in [2.05, 4.69) is 15.9 Å². The van der Waals surface area contributed by atoms with Crippen LogP contribution in [0.3, 0.4) is 0 Å². The summed E-state index contributed by atoms with van der Waals surface area (Å²) in [6.45, 7) is 0. The molecule has 0 saturated heterocycles. The highest BCUT2D eigenvalue weighted by Gasteiger charge is 2.34. The number of rotatable bonds is 2. The van der Waals surface area contributed by atoms with E-state index in [9.17, 15) is 18.3 Å². The molecule has 0 heterocycles. The molecule has 0 bridgehead atoms. The monoisotopic (exact) mass is 268 g/mol. The van der Waals surface area contributed by atoms with Crippen LogP contribution in [0.1, 0.15) is 17.2 Å². The number of benzene rings is 1. The summed E-state index contributed by atoms with van der Waals surface area (Å²) in [5, 5.41) is 9.41. The Morgan fingerprint density at radius 3 is 2.36 bits per heavy atom. The van der Waals surface area contributed by atoms with Crippen molar-refractivity contribution in [2.75, 3.05) is 5.33 Å². The molecule has 0 spiro atoms. The van der Waals surface area contributed by atoms with Crippen molar-refractivity contribution in [2.24, 2.45) is 0 Å². The maximum atomic E-state index is 12.4. The lowest BCUT2D eigenvalue weighted by atomic mass is 10.0. The van der Waals surface area contributed by atoms with Gasteiger partial charge >= 0.3 is 6.18 Å². The van der Waals surface area contributed by atoms with Crippen LogP contribution in [0.15, 0.2) is 24.3 Å². The third kappa shape index (κ3) is 2.48. The molecule has 0 saturated carbocycles. The second-order valence-corrected chi connectivity index (χ2v) is 3.40. The molecule has 0 aromatic heterocycles. The van der Waals surface area contributed by atoms with Crippen LogP contribution in [0.2, 0.25) is 0 Å². The second-order valence-electron chi connectivity index (χ2n) is 2.76. The van der Waals surface area contributed by atoms with Gasteiger partial charge < -0.3 is 5.11 Å². The molecule has 1 aromatic carbocycles. The van der Waals surface area contributed by atoms with E-state index in [1.165, 1.54) is 18.2 Å². The fourth-order valence-electron chi connectivity index (χ4n) is 1.13. The quantitative estimate of drug-likeness (QED) is 0.818. The summed E-state index contributed by atoms with van der Waals surface area (Å²) in [6.07, 6.45) is -5.55. The minimum absolute atomic E-state index is 0.0834. The zero-order chi connectivity index (χ0) is 10.8. The average Bonchev–Trinajstić information content (AvgIpc) is 2.15. The molecule has 0 aliphatic carbocycles. The Morgan fingerprint density at radius 2 is 1.86 bits per heavy atom. The summed E-state index contributed by atoms with van der Waals surface area (Å²) in [5.74, 6) is 0. The van der Waals surface area contributed by atoms with Crippen LogP contribution >= 0.6 is 15.9 Å². The molecule has 0 unspecified atom stereocenters. The third-order valence-corrected chi connectivity index (χ3v) is 2.38. The topological polar surface area (TPSA) is 20.2 Å². The Hall–Kier alpha value is -0.550. The van der Waals surface area contributed by atoms with Crippen LogP contribution in [0, 0.1) is 0 Å². The molecule has 1 N–H and O–H groups in total. The molecule has 0 fully saturated rings. The van der Waals surface area contributed by atoms with Gasteiger partial charge in [0.1, 0.15) is 0 Å². The zero-order valence-electron chi connectivity index (χ0n) is 7.05. The van der Waals surface area contributed by atoms with E-state index in [1.54, 1.807) is 0 Å². The Balaban J connectivity index is 3.16. The number of hydrogen-bond donors (Lipinski definition) is 1. The highest BCUT2D eigenvalue weighted by molar-refractivity contribution is 9.09. The van der Waals surface area contributed by atoms with Crippen LogP contribution in [0.4, 0.5) is 13.2 Å². The normalized spacial score (nSPS) is 14.1. The first-order valence-electron chi connectivity index (χ1n) is 3.87. The first-order valence-corrected chi connectivity index (χ1v) is 4.99. The number of hydrogen-bond acceptors (Lipinski definition) is 1. The summed E-state index contributed by atoms with van der Waals surface area (Å²) in [6, 6.07) is 5.00. The van der Waals surface area contributed by atoms with E-state index in [1.807, 2.05) is 0 Å². The van der Waals surface area contributed by atoms with Crippen molar-refractivity contribution in [2.45, 2.75) is 12.3 Å². The lowest BCUT2D eigenvalue weighted by molar-refractivity contribution is -0.139. The van der Waals surface area contributed by atoms with Gasteiger partial charge in [0.15, 0.2) is 0 Å². The predicted molar refractivity (Wildman–Crippen MR) is 50.2 cm³/mol. The molecule has 0 amide bonds. The van der Waals surface area contributed by atoms with Crippen molar-refractivity contribution in [3.8, 4) is 0 Å². The van der Waals surface area contributed by atoms with Gasteiger partial charge in [0.05, 0.1) is 11.7 Å². The average molecular weight is 269 g/mol. The SMILES string of the molecule is O[C@@H](CBr)c1ccccc1C(F)(F)F. The van der Waals surface area contributed by atoms with E-state index in [-0.39, 0.29) is 10.9 Å². The Kier molecular flexibility index (Phi) is 3.55. The Bertz CT molecular complexity index is 311. The fraction of sp³-hybridized carbons (Fsp3) is 0.333. The van der Waals surface area contributed by atoms with Crippen molar-refractivity contribution in [3.63, 3.8) is 0 Å². The Morgan fingerprint density at radius 1 is 1.29 bits per heavy atom. The van der Waals surface area contributed by atoms with E-state index in [0.29, 0.717) is 0 Å². The summed E-state index contributed by atoms with van der Waals surface area (Å²) >= 11 is 2.94. The molecule has 1 nitrogen and oxygen atoms in total. The molecule has 14 heavy (non-hydrogen) atoms. The predicted octanol–water partition coefficient (Wildman–Crippen LogP) is 3.13. The van der Waals surface area contributed by atoms with Crippen LogP contribution in [0.5, 0.6) is 0 Å². The first-order chi connectivity index (χ1) is 6.46. The van der Waals surface area contributed by atoms with Gasteiger partial charge in [-0.1, -0.05) is 34.1 Å². The van der Waals surface area contributed by atoms with Crippen molar-refractivity contribution in [1.82, 2.24) is 0 Å². The minimum atomic E-state index is -4.42. The van der Waals surface area contributed by atoms with Crippen LogP contribution in [-0.4, -0.2) is 10.4 Å². The minimum Gasteiger partial charge on any atom is -0.388 e. The van der Waals surface area contributed by atoms with Gasteiger partial charge in [-0.15, -0.1) is 0 Å². The molecular formula is C9H8BrF3O. The van der Waals surface area contributed by atoms with Crippen LogP contribution < -0.4 is 0 Å². The molecule has 1 atom stereocenters. The second kappa shape index (κ2) is 4.31. The van der Waals surface area contributed by atoms with Crippen LogP contribution in [-0.2, 0) is 6.18 Å². The highest BCUT2D eigenvalue weighted by atomic mass is 79.9. The molecule has 0 aliphatic rings. The van der Waals surface area contributed by atoms with Crippen molar-refractivity contribution in [1.29, 1.82) is 0 Å². The standard InChI is InChI=1S/C9H8BrF3O/c10-5-8(14)6-3-1-2-4-7(6)9(11,12)13/h1-4,8,14H,5H2/t8-/m0/s1. The maximum absolute atomic E-state index is 12.4. The number of alkyl halides is 4. The van der Waals surface area contributed by atoms with Gasteiger partial charge in [-0.05, 0) is 11.6 Å². The molecule has 1 rings (SSSR count). The molecular weight excluding hydrogens is 261 g/mol. The lowest BCUT2D eigenvalue weighted by Crippen LogP contribution is -2.12. The smallest absolute Gasteiger partial charge is 0.388 e. The number of halogens is 4. The molecule has 0 radical (unpaired) electrons. The molecule has 1 aromatic rings. The van der Waals surface area contributed by atoms with E-state index >= 15 is 0 Å². The number of aliphatic hydroxyl groups excluding tert-OH is 1. The summed E-state index contributed by atoms with van der Waals surface area (Å²) in [5.41, 5.74) is -0.885. The fourth-order valence-corrected chi connectivity index (χ4v) is 1.48. The van der Waals surface area contributed by atoms with Gasteiger partial charge in [-0.3, -0.25) is 0 Å². The van der Waals surface area contributed by atoms with Gasteiger partial charge in [0.25, 0.3) is 0 Å². The van der Waals surface area contributed by atoms with Crippen molar-refractivity contribution >= 4 is 15.9 Å². The summed E-state index contributed by atoms with van der Waals surface area (Å²) in [7, 11) is 0. The first kappa shape index (κ1) is 11.5. The van der Waals surface area contributed by atoms with Gasteiger partial charge in [-0.2, -0.15) is 13.2 Å². The molecule has 0 aliphatic heterocycles. The largest absolute Gasteiger partial charge is 0.416 e. The number of aliphatic hydroxyl groups is 1. The van der Waals surface area contributed by atoms with Gasteiger partial charge in [0.2, 0.25) is 0 Å². The zero-order valence-corrected chi connectivity index (χ0v) is 8.64. The van der Waals surface area contributed by atoms with Crippen LogP contribution in [0.25, 0.3) is 0 Å². The van der Waals surface area contributed by atoms with Gasteiger partial charge in [-0.25, -0.2) is 0 Å². The highest BCUT2D eigenvalue weighted by Crippen LogP contribution is 2.34. The maximum Gasteiger partial charge on any atom is 0.416 e. The molecule has 5 heteroatoms. The third-order valence-electron chi connectivity index (χ3n) is 1.77. The van der Waals surface area contributed by atoms with Gasteiger partial charge in [0, 0.05) is 5.33 Å². The molecule has 78 valence electrons. The van der Waals surface area contributed by atoms with E-state index in [4.69, 9.17) is 0 Å². The van der Waals surface area contributed by atoms with E-state index < -0.39 is 17.8 Å². The summed E-state index contributed by atoms with van der Waals surface area (Å²) in [4.78, 5) is 0. The summed E-state index contributed by atoms with van der Waals surface area (Å²) < 4.78 is 37.3. The Labute approximate surface area is 87.7 Å². The van der Waals surface area contributed by atoms with Crippen molar-refractivity contribution in [3.05, 3.63) is 35.4 Å². The van der Waals surface area contributed by atoms with Crippen molar-refractivity contribution < 1.29 is 18.3 Å².